The Bertz CT molecular complexity index is 5510. The summed E-state index contributed by atoms with van der Waals surface area (Å²) in [6.45, 7) is 20.7. The van der Waals surface area contributed by atoms with Crippen LogP contribution in [0.2, 0.25) is 0 Å². The maximum atomic E-state index is 6.25. The van der Waals surface area contributed by atoms with E-state index in [1.165, 1.54) is 0 Å². The number of hydrogen-bond acceptors (Lipinski definition) is 17. The molecule has 0 spiro atoms. The monoisotopic (exact) mass is 1560 g/mol. The van der Waals surface area contributed by atoms with Gasteiger partial charge < -0.3 is 37.9 Å². The maximum absolute atomic E-state index is 6.25. The van der Waals surface area contributed by atoms with Crippen LogP contribution in [-0.4, -0.2) is 97.7 Å². The number of ether oxygens (including phenoxy) is 8. The third-order valence-electron chi connectivity index (χ3n) is 16.5. The molecule has 0 aliphatic carbocycles. The van der Waals surface area contributed by atoms with E-state index < -0.39 is 0 Å². The molecule has 10 heterocycles. The van der Waals surface area contributed by atoms with Crippen molar-refractivity contribution in [2.75, 3.05) is 52.9 Å². The van der Waals surface area contributed by atoms with Crippen LogP contribution in [-0.2, 0) is 0 Å². The van der Waals surface area contributed by atoms with Gasteiger partial charge in [-0.15, -0.1) is 0 Å². The summed E-state index contributed by atoms with van der Waals surface area (Å²) in [6.07, 6.45) is 14.3. The molecule has 0 saturated carbocycles. The number of aromatic nitrogens is 9. The van der Waals surface area contributed by atoms with E-state index in [0.717, 1.165) is 103 Å². The van der Waals surface area contributed by atoms with Gasteiger partial charge in [-0.05, 0) is 206 Å². The van der Waals surface area contributed by atoms with Crippen LogP contribution in [0.5, 0.6) is 46.0 Å². The highest BCUT2D eigenvalue weighted by molar-refractivity contribution is 5.55. The standard InChI is InChI=1S/C101H91N9O8/c1-9-17-52-111-94-60-78-32-25-27-34-80-62-96(113-54-19-11-3)68-86(105-80)44-48-90-72-100(117-58-23-15-7)74-92(109-90)50-46-88-70-98(115-56-21-13-5)64-82(107-88)36-29-30-37-83-65-99(116-57-22-14-6)71-89(108-83)47-51-93-75-101(118-59-24-16-8)73-91(110-93)49-45-87-69-97(114-55-20-12-4)63-81(106-87)35-28-26-33-79-61-95(112-53-18-10-2)67-85(104-79)43-41-77-39-31-38-76(102-77)40-42-84(66-94)103-78/h31,38-39,60-75H,9-24,52-59H2,1-8H3. The Morgan fingerprint density at radius 2 is 0.288 bits per heavy atom. The first-order valence-corrected chi connectivity index (χ1v) is 40.4. The van der Waals surface area contributed by atoms with Crippen molar-refractivity contribution >= 4 is 0 Å². The molecule has 0 saturated heterocycles. The van der Waals surface area contributed by atoms with Crippen LogP contribution in [0.1, 0.15) is 261 Å². The van der Waals surface area contributed by atoms with Crippen molar-refractivity contribution in [1.29, 1.82) is 0 Å². The fraction of sp³-hybridized carbons (Fsp3) is 0.317. The topological polar surface area (TPSA) is 190 Å². The van der Waals surface area contributed by atoms with Crippen LogP contribution in [0.3, 0.4) is 0 Å². The van der Waals surface area contributed by atoms with Gasteiger partial charge in [0.05, 0.1) is 52.9 Å². The van der Waals surface area contributed by atoms with Gasteiger partial charge in [0, 0.05) is 97.1 Å². The Morgan fingerprint density at radius 1 is 0.169 bits per heavy atom. The smallest absolute Gasteiger partial charge is 0.124 e. The van der Waals surface area contributed by atoms with Gasteiger partial charge in [-0.3, -0.25) is 0 Å². The van der Waals surface area contributed by atoms with Crippen molar-refractivity contribution in [3.63, 3.8) is 0 Å². The summed E-state index contributed by atoms with van der Waals surface area (Å²) < 4.78 is 49.7. The van der Waals surface area contributed by atoms with Crippen LogP contribution in [0.15, 0.2) is 115 Å². The zero-order valence-electron chi connectivity index (χ0n) is 68.2. The van der Waals surface area contributed by atoms with Crippen molar-refractivity contribution in [3.8, 4) is 188 Å². The summed E-state index contributed by atoms with van der Waals surface area (Å²) in [7, 11) is 0. The van der Waals surface area contributed by atoms with E-state index in [2.05, 4.69) is 197 Å². The average Bonchev–Trinajstić information content (AvgIpc) is 0.851. The zero-order chi connectivity index (χ0) is 82.4. The number of fused-ring (bicyclic) bond motifs is 18. The minimum Gasteiger partial charge on any atom is -0.493 e. The Morgan fingerprint density at radius 3 is 0.424 bits per heavy atom. The second-order valence-corrected chi connectivity index (χ2v) is 26.6. The van der Waals surface area contributed by atoms with Gasteiger partial charge >= 0.3 is 0 Å². The molecule has 1 aliphatic rings. The second kappa shape index (κ2) is 48.5. The molecule has 0 amide bonds. The number of nitrogens with zero attached hydrogens (tertiary/aromatic N) is 9. The highest BCUT2D eigenvalue weighted by atomic mass is 16.5. The van der Waals surface area contributed by atoms with E-state index in [1.54, 1.807) is 109 Å². The predicted molar refractivity (Wildman–Crippen MR) is 459 cm³/mol. The largest absolute Gasteiger partial charge is 0.493 e. The van der Waals surface area contributed by atoms with Crippen LogP contribution >= 0.6 is 0 Å². The lowest BCUT2D eigenvalue weighted by Gasteiger charge is -2.07. The van der Waals surface area contributed by atoms with Crippen molar-refractivity contribution in [3.05, 3.63) is 218 Å². The van der Waals surface area contributed by atoms with Gasteiger partial charge in [0.2, 0.25) is 0 Å². The Hall–Kier alpha value is -14.5. The van der Waals surface area contributed by atoms with Crippen LogP contribution in [0, 0.1) is 142 Å². The minimum absolute atomic E-state index is 0.388. The van der Waals surface area contributed by atoms with Crippen LogP contribution in [0.4, 0.5) is 0 Å². The number of rotatable bonds is 32. The predicted octanol–water partition coefficient (Wildman–Crippen LogP) is 16.6. The van der Waals surface area contributed by atoms with E-state index in [4.69, 9.17) is 82.8 Å². The summed E-state index contributed by atoms with van der Waals surface area (Å²) in [5.74, 6) is 79.1. The van der Waals surface area contributed by atoms with Gasteiger partial charge in [0.25, 0.3) is 0 Å². The Labute approximate surface area is 695 Å². The van der Waals surface area contributed by atoms with E-state index in [1.807, 2.05) is 6.07 Å². The minimum atomic E-state index is 0.388. The number of unbranched alkanes of at least 4 members (excludes halogenated alkanes) is 8. The second-order valence-electron chi connectivity index (χ2n) is 26.6. The fourth-order valence-corrected chi connectivity index (χ4v) is 10.3. The first-order chi connectivity index (χ1) is 58.0. The van der Waals surface area contributed by atoms with Gasteiger partial charge in [0.1, 0.15) is 148 Å². The Balaban J connectivity index is 1.08. The SMILES string of the molecule is CCCCOc1cc2nc(c1)C#Cc1cccc(n1)C#Cc1cc(OCCCC)cc(n1)C#CC#Cc1cc(OCCCC)cc(n1)C#Cc1cc(OCCCC)cc(n1)C#Cc1cc(OCCCC)cc(n1)C#CC#Cc1cc(OCCCC)cc(n1)C#Cc1cc(OCCCC)cc(n1)C#Cc1cc(OCCCC)cc(n1)C#CC#C2. The maximum Gasteiger partial charge on any atom is 0.124 e. The molecule has 588 valence electrons. The highest BCUT2D eigenvalue weighted by Gasteiger charge is 2.12. The zero-order valence-corrected chi connectivity index (χ0v) is 68.2. The van der Waals surface area contributed by atoms with Crippen molar-refractivity contribution < 1.29 is 37.9 Å². The summed E-state index contributed by atoms with van der Waals surface area (Å²) >= 11 is 0. The van der Waals surface area contributed by atoms with Crippen molar-refractivity contribution in [2.24, 2.45) is 0 Å². The molecule has 0 fully saturated rings. The number of pyridine rings is 9. The molecule has 9 aromatic heterocycles. The first kappa shape index (κ1) is 85.9. The lowest BCUT2D eigenvalue weighted by atomic mass is 10.2. The third-order valence-corrected chi connectivity index (χ3v) is 16.5. The van der Waals surface area contributed by atoms with E-state index >= 15 is 0 Å². The van der Waals surface area contributed by atoms with E-state index in [-0.39, 0.29) is 0 Å². The van der Waals surface area contributed by atoms with Crippen molar-refractivity contribution in [2.45, 2.75) is 158 Å². The molecule has 0 unspecified atom stereocenters. The normalized spacial score (nSPS) is 10.7. The highest BCUT2D eigenvalue weighted by Crippen LogP contribution is 2.24. The molecule has 18 bridgehead atoms. The lowest BCUT2D eigenvalue weighted by Crippen LogP contribution is -2.00. The molecule has 0 atom stereocenters. The Kier molecular flexibility index (Phi) is 35.3. The van der Waals surface area contributed by atoms with E-state index in [0.29, 0.717) is 201 Å². The molecule has 9 aromatic rings. The van der Waals surface area contributed by atoms with E-state index in [9.17, 15) is 0 Å². The van der Waals surface area contributed by atoms with Gasteiger partial charge in [-0.1, -0.05) is 113 Å². The first-order valence-electron chi connectivity index (χ1n) is 40.4. The summed E-state index contributed by atoms with van der Waals surface area (Å²) in [5, 5.41) is 0. The molecule has 10 rings (SSSR count). The summed E-state index contributed by atoms with van der Waals surface area (Å²) in [6, 6.07) is 33.8. The average molecular weight is 1560 g/mol. The quantitative estimate of drug-likeness (QED) is 0.0285. The molecule has 1 aliphatic heterocycles. The molecule has 17 nitrogen and oxygen atoms in total. The summed E-state index contributed by atoms with van der Waals surface area (Å²) in [4.78, 5) is 43.3. The molecule has 118 heavy (non-hydrogen) atoms. The van der Waals surface area contributed by atoms with Crippen molar-refractivity contribution in [1.82, 2.24) is 44.9 Å². The molecular weight excluding hydrogens is 1470 g/mol. The number of hydrogen-bond donors (Lipinski definition) is 0. The molecular formula is C101H91N9O8. The lowest BCUT2D eigenvalue weighted by molar-refractivity contribution is 0.308. The van der Waals surface area contributed by atoms with Gasteiger partial charge in [-0.2, -0.15) is 0 Å². The van der Waals surface area contributed by atoms with Gasteiger partial charge in [0.15, 0.2) is 0 Å². The van der Waals surface area contributed by atoms with Gasteiger partial charge in [-0.25, -0.2) is 44.9 Å². The third kappa shape index (κ3) is 30.8. The molecule has 0 aromatic carbocycles. The molecule has 0 radical (unpaired) electrons. The molecule has 0 N–H and O–H groups in total. The molecule has 17 heteroatoms. The summed E-state index contributed by atoms with van der Waals surface area (Å²) in [5.41, 5.74) is 7.30. The van der Waals surface area contributed by atoms with Crippen LogP contribution in [0.25, 0.3) is 0 Å². The van der Waals surface area contributed by atoms with Crippen LogP contribution < -0.4 is 37.9 Å². The fourth-order valence-electron chi connectivity index (χ4n) is 10.3.